The first kappa shape index (κ1) is 23.8. The average molecular weight is 514 g/mol. The van der Waals surface area contributed by atoms with Crippen LogP contribution in [0.2, 0.25) is 15.1 Å². The van der Waals surface area contributed by atoms with Gasteiger partial charge in [0.1, 0.15) is 0 Å². The Morgan fingerprint density at radius 3 is 2.21 bits per heavy atom. The number of halogens is 3. The lowest BCUT2D eigenvalue weighted by atomic mass is 10.1. The molecular formula is C25H19Cl3N4O2. The van der Waals surface area contributed by atoms with Crippen LogP contribution in [0, 0.1) is 6.92 Å². The van der Waals surface area contributed by atoms with E-state index in [0.29, 0.717) is 37.6 Å². The first-order chi connectivity index (χ1) is 16.2. The molecule has 34 heavy (non-hydrogen) atoms. The maximum absolute atomic E-state index is 13.1. The van der Waals surface area contributed by atoms with E-state index in [4.69, 9.17) is 40.5 Å². The van der Waals surface area contributed by atoms with Gasteiger partial charge < -0.3 is 11.1 Å². The molecule has 0 saturated heterocycles. The highest BCUT2D eigenvalue weighted by Crippen LogP contribution is 2.33. The van der Waals surface area contributed by atoms with Gasteiger partial charge in [-0.05, 0) is 55.0 Å². The van der Waals surface area contributed by atoms with Crippen molar-refractivity contribution in [1.29, 1.82) is 0 Å². The number of nitrogens with one attached hydrogen (secondary N) is 1. The lowest BCUT2D eigenvalue weighted by molar-refractivity contribution is 0.0943. The molecule has 1 aromatic heterocycles. The van der Waals surface area contributed by atoms with Crippen LogP contribution >= 0.6 is 34.8 Å². The van der Waals surface area contributed by atoms with Gasteiger partial charge in [0.05, 0.1) is 16.4 Å². The summed E-state index contributed by atoms with van der Waals surface area (Å²) in [5.41, 5.74) is 9.53. The molecule has 3 aromatic carbocycles. The molecule has 0 atom stereocenters. The number of carbonyl (C=O) groups excluding carboxylic acids is 2. The second kappa shape index (κ2) is 9.89. The summed E-state index contributed by atoms with van der Waals surface area (Å²) in [6.07, 6.45) is 0. The van der Waals surface area contributed by atoms with Crippen LogP contribution in [0.1, 0.15) is 32.0 Å². The van der Waals surface area contributed by atoms with Crippen molar-refractivity contribution in [3.8, 4) is 16.9 Å². The van der Waals surface area contributed by atoms with Gasteiger partial charge in [0.2, 0.25) is 5.91 Å². The lowest BCUT2D eigenvalue weighted by Gasteiger charge is -2.11. The molecular weight excluding hydrogens is 495 g/mol. The van der Waals surface area contributed by atoms with Gasteiger partial charge >= 0.3 is 0 Å². The Balaban J connectivity index is 1.70. The molecule has 4 aromatic rings. The third-order valence-electron chi connectivity index (χ3n) is 5.28. The smallest absolute Gasteiger partial charge is 0.272 e. The van der Waals surface area contributed by atoms with Gasteiger partial charge in [-0.15, -0.1) is 0 Å². The Bertz CT molecular complexity index is 1380. The number of nitrogens with zero attached hydrogens (tertiary/aromatic N) is 2. The van der Waals surface area contributed by atoms with Crippen LogP contribution in [-0.2, 0) is 6.54 Å². The zero-order valence-corrected chi connectivity index (χ0v) is 20.2. The van der Waals surface area contributed by atoms with Crippen molar-refractivity contribution in [2.45, 2.75) is 13.5 Å². The van der Waals surface area contributed by atoms with Crippen molar-refractivity contribution in [3.63, 3.8) is 0 Å². The number of hydrogen-bond acceptors (Lipinski definition) is 3. The van der Waals surface area contributed by atoms with Crippen LogP contribution in [0.25, 0.3) is 16.9 Å². The van der Waals surface area contributed by atoms with E-state index in [9.17, 15) is 9.59 Å². The van der Waals surface area contributed by atoms with Gasteiger partial charge in [0.25, 0.3) is 5.91 Å². The van der Waals surface area contributed by atoms with Crippen molar-refractivity contribution in [1.82, 2.24) is 15.1 Å². The molecule has 0 unspecified atom stereocenters. The number of primary amides is 1. The molecule has 0 spiro atoms. The molecule has 0 bridgehead atoms. The van der Waals surface area contributed by atoms with Gasteiger partial charge in [-0.2, -0.15) is 5.10 Å². The van der Waals surface area contributed by atoms with Gasteiger partial charge in [-0.3, -0.25) is 9.59 Å². The second-order valence-electron chi connectivity index (χ2n) is 7.58. The van der Waals surface area contributed by atoms with Crippen molar-refractivity contribution in [3.05, 3.63) is 104 Å². The SMILES string of the molecule is Cc1c(C(=O)NCc2ccc(C(N)=O)cc2)nn(-c2ccc(Cl)cc2Cl)c1-c1ccc(Cl)cc1. The zero-order chi connectivity index (χ0) is 24.4. The van der Waals surface area contributed by atoms with Crippen molar-refractivity contribution in [2.75, 3.05) is 0 Å². The van der Waals surface area contributed by atoms with Gasteiger partial charge in [0, 0.05) is 33.3 Å². The average Bonchev–Trinajstić information content (AvgIpc) is 3.15. The van der Waals surface area contributed by atoms with Crippen LogP contribution in [0.5, 0.6) is 0 Å². The summed E-state index contributed by atoms with van der Waals surface area (Å²) in [4.78, 5) is 24.3. The molecule has 3 N–H and O–H groups in total. The van der Waals surface area contributed by atoms with Crippen molar-refractivity contribution >= 4 is 46.6 Å². The molecule has 0 aliphatic rings. The minimum atomic E-state index is -0.507. The molecule has 9 heteroatoms. The summed E-state index contributed by atoms with van der Waals surface area (Å²) in [7, 11) is 0. The minimum absolute atomic E-state index is 0.252. The van der Waals surface area contributed by atoms with E-state index in [-0.39, 0.29) is 18.1 Å². The minimum Gasteiger partial charge on any atom is -0.366 e. The number of hydrogen-bond donors (Lipinski definition) is 2. The van der Waals surface area contributed by atoms with E-state index in [1.807, 2.05) is 19.1 Å². The predicted molar refractivity (Wildman–Crippen MR) is 135 cm³/mol. The molecule has 0 aliphatic heterocycles. The summed E-state index contributed by atoms with van der Waals surface area (Å²) in [5, 5.41) is 8.96. The van der Waals surface area contributed by atoms with Crippen molar-refractivity contribution < 1.29 is 9.59 Å². The molecule has 172 valence electrons. The fraction of sp³-hybridized carbons (Fsp3) is 0.0800. The third-order valence-corrected chi connectivity index (χ3v) is 6.07. The second-order valence-corrected chi connectivity index (χ2v) is 8.86. The molecule has 0 aliphatic carbocycles. The first-order valence-corrected chi connectivity index (χ1v) is 11.4. The van der Waals surface area contributed by atoms with E-state index in [2.05, 4.69) is 10.4 Å². The van der Waals surface area contributed by atoms with E-state index in [1.165, 1.54) is 0 Å². The molecule has 4 rings (SSSR count). The topological polar surface area (TPSA) is 90.0 Å². The number of aromatic nitrogens is 2. The Morgan fingerprint density at radius 2 is 1.59 bits per heavy atom. The summed E-state index contributed by atoms with van der Waals surface area (Å²) >= 11 is 18.6. The summed E-state index contributed by atoms with van der Waals surface area (Å²) in [6, 6.07) is 19.0. The molecule has 2 amide bonds. The predicted octanol–water partition coefficient (Wildman–Crippen LogP) is 5.84. The Kier molecular flexibility index (Phi) is 6.93. The summed E-state index contributed by atoms with van der Waals surface area (Å²) in [5.74, 6) is -0.858. The number of amides is 2. The standard InChI is InChI=1S/C25H19Cl3N4O2/c1-14-22(25(34)30-13-15-2-4-17(5-3-15)24(29)33)31-32(21-11-10-19(27)12-20(21)28)23(14)16-6-8-18(26)9-7-16/h2-12H,13H2,1H3,(H2,29,33)(H,30,34). The number of nitrogens with two attached hydrogens (primary N) is 1. The number of carbonyl (C=O) groups is 2. The summed E-state index contributed by atoms with van der Waals surface area (Å²) in [6.45, 7) is 2.08. The highest BCUT2D eigenvalue weighted by Gasteiger charge is 2.23. The van der Waals surface area contributed by atoms with Gasteiger partial charge in [-0.25, -0.2) is 4.68 Å². The van der Waals surface area contributed by atoms with Crippen molar-refractivity contribution in [2.24, 2.45) is 5.73 Å². The van der Waals surface area contributed by atoms with Crippen LogP contribution in [0.4, 0.5) is 0 Å². The Hall–Kier alpha value is -3.32. The summed E-state index contributed by atoms with van der Waals surface area (Å²) < 4.78 is 1.63. The fourth-order valence-electron chi connectivity index (χ4n) is 3.54. The fourth-order valence-corrected chi connectivity index (χ4v) is 4.15. The highest BCUT2D eigenvalue weighted by atomic mass is 35.5. The molecule has 6 nitrogen and oxygen atoms in total. The zero-order valence-electron chi connectivity index (χ0n) is 18.0. The quantitative estimate of drug-likeness (QED) is 0.339. The van der Waals surface area contributed by atoms with Crippen LogP contribution in [-0.4, -0.2) is 21.6 Å². The largest absolute Gasteiger partial charge is 0.366 e. The molecule has 1 heterocycles. The Labute approximate surface area is 211 Å². The van der Waals surface area contributed by atoms with E-state index in [0.717, 1.165) is 11.1 Å². The maximum Gasteiger partial charge on any atom is 0.272 e. The monoisotopic (exact) mass is 512 g/mol. The maximum atomic E-state index is 13.1. The van der Waals surface area contributed by atoms with E-state index < -0.39 is 5.91 Å². The van der Waals surface area contributed by atoms with Crippen LogP contribution in [0.3, 0.4) is 0 Å². The molecule has 0 radical (unpaired) electrons. The van der Waals surface area contributed by atoms with Gasteiger partial charge in [0.15, 0.2) is 5.69 Å². The van der Waals surface area contributed by atoms with Crippen LogP contribution in [0.15, 0.2) is 66.7 Å². The van der Waals surface area contributed by atoms with E-state index >= 15 is 0 Å². The molecule has 0 saturated carbocycles. The van der Waals surface area contributed by atoms with E-state index in [1.54, 1.807) is 59.3 Å². The first-order valence-electron chi connectivity index (χ1n) is 10.2. The van der Waals surface area contributed by atoms with Crippen LogP contribution < -0.4 is 11.1 Å². The molecule has 0 fully saturated rings. The Morgan fingerprint density at radius 1 is 0.941 bits per heavy atom. The third kappa shape index (κ3) is 4.94. The highest BCUT2D eigenvalue weighted by molar-refractivity contribution is 6.35. The number of rotatable bonds is 6. The van der Waals surface area contributed by atoms with Gasteiger partial charge in [-0.1, -0.05) is 59.1 Å². The normalized spacial score (nSPS) is 10.8. The number of benzene rings is 3. The lowest BCUT2D eigenvalue weighted by Crippen LogP contribution is -2.24.